The number of rotatable bonds is 2. The van der Waals surface area contributed by atoms with E-state index in [-0.39, 0.29) is 0 Å². The smallest absolute Gasteiger partial charge is 0.108 e. The summed E-state index contributed by atoms with van der Waals surface area (Å²) < 4.78 is 0. The molecule has 1 unspecified atom stereocenters. The Labute approximate surface area is 106 Å². The van der Waals surface area contributed by atoms with Crippen LogP contribution in [0, 0.1) is 0 Å². The first kappa shape index (κ1) is 11.6. The lowest BCUT2D eigenvalue weighted by Crippen LogP contribution is -2.33. The molecule has 2 N–H and O–H groups in total. The van der Waals surface area contributed by atoms with E-state index in [1.807, 2.05) is 30.3 Å². The number of hydrogen-bond donors (Lipinski definition) is 2. The Morgan fingerprint density at radius 2 is 1.89 bits per heavy atom. The summed E-state index contributed by atoms with van der Waals surface area (Å²) in [6, 6.07) is 9.48. The summed E-state index contributed by atoms with van der Waals surface area (Å²) in [6.45, 7) is 0. The molecule has 3 heteroatoms. The second-order valence-electron chi connectivity index (χ2n) is 5.13. The zero-order chi connectivity index (χ0) is 12.6. The van der Waals surface area contributed by atoms with Crippen LogP contribution in [0.15, 0.2) is 36.5 Å². The molecule has 1 aromatic carbocycles. The van der Waals surface area contributed by atoms with E-state index in [1.165, 1.54) is 0 Å². The van der Waals surface area contributed by atoms with Gasteiger partial charge >= 0.3 is 0 Å². The summed E-state index contributed by atoms with van der Waals surface area (Å²) in [7, 11) is 0. The molecule has 18 heavy (non-hydrogen) atoms. The van der Waals surface area contributed by atoms with Gasteiger partial charge in [0.15, 0.2) is 0 Å². The molecular weight excluding hydrogens is 226 g/mol. The summed E-state index contributed by atoms with van der Waals surface area (Å²) in [6.07, 6.45) is 4.22. The fourth-order valence-electron chi connectivity index (χ4n) is 2.92. The minimum absolute atomic E-state index is 0.671. The first-order valence-corrected chi connectivity index (χ1v) is 6.45. The lowest BCUT2D eigenvalue weighted by molar-refractivity contribution is -0.0712. The molecule has 1 heterocycles. The van der Waals surface area contributed by atoms with E-state index in [2.05, 4.69) is 4.98 Å². The van der Waals surface area contributed by atoms with E-state index in [1.54, 1.807) is 6.20 Å². The summed E-state index contributed by atoms with van der Waals surface area (Å²) in [5.74, 6) is 0. The van der Waals surface area contributed by atoms with Gasteiger partial charge in [-0.15, -0.1) is 0 Å². The first-order chi connectivity index (χ1) is 8.71. The van der Waals surface area contributed by atoms with Crippen LogP contribution in [0.3, 0.4) is 0 Å². The van der Waals surface area contributed by atoms with Gasteiger partial charge in [0.25, 0.3) is 0 Å². The zero-order valence-electron chi connectivity index (χ0n) is 10.2. The second kappa shape index (κ2) is 4.34. The summed E-state index contributed by atoms with van der Waals surface area (Å²) in [5.41, 5.74) is 0.671. The highest BCUT2D eigenvalue weighted by molar-refractivity contribution is 5.82. The largest absolute Gasteiger partial charge is 0.387 e. The zero-order valence-corrected chi connectivity index (χ0v) is 10.2. The topological polar surface area (TPSA) is 53.4 Å². The maximum Gasteiger partial charge on any atom is 0.108 e. The van der Waals surface area contributed by atoms with Crippen LogP contribution in [0.2, 0.25) is 0 Å². The van der Waals surface area contributed by atoms with Crippen molar-refractivity contribution in [2.45, 2.75) is 37.4 Å². The molecule has 1 aliphatic rings. The van der Waals surface area contributed by atoms with Gasteiger partial charge in [-0.2, -0.15) is 0 Å². The maximum absolute atomic E-state index is 10.5. The van der Waals surface area contributed by atoms with Crippen LogP contribution in [0.1, 0.15) is 37.4 Å². The van der Waals surface area contributed by atoms with Crippen molar-refractivity contribution in [2.24, 2.45) is 0 Å². The second-order valence-corrected chi connectivity index (χ2v) is 5.13. The van der Waals surface area contributed by atoms with Crippen molar-refractivity contribution in [2.75, 3.05) is 0 Å². The van der Waals surface area contributed by atoms with Crippen molar-refractivity contribution in [1.29, 1.82) is 0 Å². The molecule has 2 aromatic rings. The Morgan fingerprint density at radius 1 is 1.11 bits per heavy atom. The molecule has 0 saturated heterocycles. The molecule has 1 atom stereocenters. The van der Waals surface area contributed by atoms with E-state index in [0.29, 0.717) is 12.8 Å². The average Bonchev–Trinajstić information content (AvgIpc) is 2.85. The van der Waals surface area contributed by atoms with Gasteiger partial charge in [0, 0.05) is 11.6 Å². The number of benzene rings is 1. The van der Waals surface area contributed by atoms with Crippen LogP contribution < -0.4 is 0 Å². The van der Waals surface area contributed by atoms with E-state index in [9.17, 15) is 10.2 Å². The minimum Gasteiger partial charge on any atom is -0.387 e. The summed E-state index contributed by atoms with van der Waals surface area (Å²) in [4.78, 5) is 4.28. The quantitative estimate of drug-likeness (QED) is 0.852. The molecule has 3 rings (SSSR count). The fraction of sp³-hybridized carbons (Fsp3) is 0.400. The van der Waals surface area contributed by atoms with Crippen LogP contribution in [0.5, 0.6) is 0 Å². The standard InChI is InChI=1S/C15H17NO2/c17-14(15(18)8-1-2-9-15)12-5-3-7-13-11(12)6-4-10-16-13/h3-7,10,14,17-18H,1-2,8-9H2. The third-order valence-electron chi connectivity index (χ3n) is 3.95. The molecule has 1 fully saturated rings. The number of aliphatic hydroxyl groups is 2. The normalized spacial score (nSPS) is 20.1. The van der Waals surface area contributed by atoms with Gasteiger partial charge in [-0.25, -0.2) is 0 Å². The Kier molecular flexibility index (Phi) is 2.80. The Bertz CT molecular complexity index is 556. The van der Waals surface area contributed by atoms with E-state index >= 15 is 0 Å². The molecule has 1 aliphatic carbocycles. The van der Waals surface area contributed by atoms with Crippen LogP contribution in [0.4, 0.5) is 0 Å². The summed E-state index contributed by atoms with van der Waals surface area (Å²) in [5, 5.41) is 21.9. The van der Waals surface area contributed by atoms with E-state index in [0.717, 1.165) is 29.3 Å². The Balaban J connectivity index is 2.08. The highest BCUT2D eigenvalue weighted by atomic mass is 16.3. The third kappa shape index (κ3) is 1.80. The minimum atomic E-state index is -0.968. The van der Waals surface area contributed by atoms with Crippen LogP contribution in [-0.2, 0) is 0 Å². The number of aliphatic hydroxyl groups excluding tert-OH is 1. The number of hydrogen-bond acceptors (Lipinski definition) is 3. The van der Waals surface area contributed by atoms with Crippen molar-refractivity contribution in [1.82, 2.24) is 4.98 Å². The summed E-state index contributed by atoms with van der Waals surface area (Å²) >= 11 is 0. The van der Waals surface area contributed by atoms with Gasteiger partial charge < -0.3 is 10.2 Å². The maximum atomic E-state index is 10.5. The van der Waals surface area contributed by atoms with Gasteiger partial charge in [-0.3, -0.25) is 4.98 Å². The molecule has 0 aliphatic heterocycles. The van der Waals surface area contributed by atoms with Crippen molar-refractivity contribution >= 4 is 10.9 Å². The van der Waals surface area contributed by atoms with Crippen molar-refractivity contribution in [3.63, 3.8) is 0 Å². The predicted molar refractivity (Wildman–Crippen MR) is 70.1 cm³/mol. The number of pyridine rings is 1. The number of nitrogens with zero attached hydrogens (tertiary/aromatic N) is 1. The lowest BCUT2D eigenvalue weighted by atomic mass is 9.88. The molecule has 3 nitrogen and oxygen atoms in total. The number of fused-ring (bicyclic) bond motifs is 1. The van der Waals surface area contributed by atoms with Gasteiger partial charge in [0.1, 0.15) is 6.10 Å². The van der Waals surface area contributed by atoms with Gasteiger partial charge in [-0.05, 0) is 30.5 Å². The average molecular weight is 243 g/mol. The molecule has 0 spiro atoms. The Hall–Kier alpha value is -1.45. The SMILES string of the molecule is OC(c1cccc2ncccc12)C1(O)CCCC1. The first-order valence-electron chi connectivity index (χ1n) is 6.45. The van der Waals surface area contributed by atoms with Crippen LogP contribution in [-0.4, -0.2) is 20.8 Å². The molecule has 1 aromatic heterocycles. The highest BCUT2D eigenvalue weighted by Crippen LogP contribution is 2.41. The highest BCUT2D eigenvalue weighted by Gasteiger charge is 2.39. The molecule has 1 saturated carbocycles. The molecule has 0 radical (unpaired) electrons. The molecule has 94 valence electrons. The van der Waals surface area contributed by atoms with Gasteiger partial charge in [0.05, 0.1) is 11.1 Å². The van der Waals surface area contributed by atoms with E-state index in [4.69, 9.17) is 0 Å². The molecule has 0 amide bonds. The predicted octanol–water partition coefficient (Wildman–Crippen LogP) is 2.57. The number of aromatic nitrogens is 1. The Morgan fingerprint density at radius 3 is 2.67 bits per heavy atom. The fourth-order valence-corrected chi connectivity index (χ4v) is 2.92. The molecule has 0 bridgehead atoms. The van der Waals surface area contributed by atoms with Crippen LogP contribution in [0.25, 0.3) is 10.9 Å². The van der Waals surface area contributed by atoms with Crippen LogP contribution >= 0.6 is 0 Å². The monoisotopic (exact) mass is 243 g/mol. The van der Waals surface area contributed by atoms with Gasteiger partial charge in [0.2, 0.25) is 0 Å². The van der Waals surface area contributed by atoms with Gasteiger partial charge in [-0.1, -0.05) is 31.0 Å². The van der Waals surface area contributed by atoms with Crippen molar-refractivity contribution < 1.29 is 10.2 Å². The van der Waals surface area contributed by atoms with E-state index < -0.39 is 11.7 Å². The van der Waals surface area contributed by atoms with Crippen molar-refractivity contribution in [3.8, 4) is 0 Å². The third-order valence-corrected chi connectivity index (χ3v) is 3.95. The van der Waals surface area contributed by atoms with Crippen molar-refractivity contribution in [3.05, 3.63) is 42.1 Å². The molecular formula is C15H17NO2. The lowest BCUT2D eigenvalue weighted by Gasteiger charge is -2.29.